The standard InChI is InChI=1S/C18H19NO2/c20-18(13-21-12-14-5-2-1-3-6-14)19-17-10-9-15-7-4-8-16(15)11-17/h1-3,5-6,9-11H,4,7-8,12-13H2,(H,19,20). The van der Waals surface area contributed by atoms with Crippen LogP contribution in [-0.2, 0) is 29.0 Å². The van der Waals surface area contributed by atoms with Gasteiger partial charge in [0.2, 0.25) is 5.91 Å². The molecular weight excluding hydrogens is 262 g/mol. The molecule has 0 fully saturated rings. The summed E-state index contributed by atoms with van der Waals surface area (Å²) in [6, 6.07) is 16.0. The summed E-state index contributed by atoms with van der Waals surface area (Å²) in [6.07, 6.45) is 3.49. The Labute approximate surface area is 124 Å². The van der Waals surface area contributed by atoms with Crippen molar-refractivity contribution in [2.75, 3.05) is 11.9 Å². The minimum Gasteiger partial charge on any atom is -0.367 e. The molecule has 0 aromatic heterocycles. The maximum atomic E-state index is 11.9. The fourth-order valence-corrected chi connectivity index (χ4v) is 2.68. The van der Waals surface area contributed by atoms with Crippen LogP contribution in [0.25, 0.3) is 0 Å². The molecule has 3 nitrogen and oxygen atoms in total. The van der Waals surface area contributed by atoms with Crippen LogP contribution in [0.4, 0.5) is 5.69 Å². The van der Waals surface area contributed by atoms with Crippen molar-refractivity contribution in [1.82, 2.24) is 0 Å². The predicted octanol–water partition coefficient (Wildman–Crippen LogP) is 3.33. The quantitative estimate of drug-likeness (QED) is 0.913. The zero-order valence-corrected chi connectivity index (χ0v) is 12.0. The molecule has 2 aromatic rings. The summed E-state index contributed by atoms with van der Waals surface area (Å²) in [4.78, 5) is 11.9. The number of amides is 1. The van der Waals surface area contributed by atoms with E-state index in [9.17, 15) is 4.79 Å². The number of carbonyl (C=O) groups excluding carboxylic acids is 1. The molecule has 0 atom stereocenters. The van der Waals surface area contributed by atoms with Gasteiger partial charge in [0.1, 0.15) is 6.61 Å². The van der Waals surface area contributed by atoms with Gasteiger partial charge in [-0.15, -0.1) is 0 Å². The summed E-state index contributed by atoms with van der Waals surface area (Å²) in [5.41, 5.74) is 4.71. The van der Waals surface area contributed by atoms with Gasteiger partial charge >= 0.3 is 0 Å². The topological polar surface area (TPSA) is 38.3 Å². The fraction of sp³-hybridized carbons (Fsp3) is 0.278. The number of nitrogens with one attached hydrogen (secondary N) is 1. The lowest BCUT2D eigenvalue weighted by atomic mass is 10.1. The van der Waals surface area contributed by atoms with E-state index in [-0.39, 0.29) is 12.5 Å². The van der Waals surface area contributed by atoms with Gasteiger partial charge in [0.15, 0.2) is 0 Å². The predicted molar refractivity (Wildman–Crippen MR) is 83.2 cm³/mol. The molecule has 0 aliphatic heterocycles. The van der Waals surface area contributed by atoms with Crippen LogP contribution in [0.15, 0.2) is 48.5 Å². The van der Waals surface area contributed by atoms with E-state index in [0.29, 0.717) is 6.61 Å². The summed E-state index contributed by atoms with van der Waals surface area (Å²) in [6.45, 7) is 0.532. The summed E-state index contributed by atoms with van der Waals surface area (Å²) in [5, 5.41) is 2.89. The highest BCUT2D eigenvalue weighted by Gasteiger charge is 2.11. The third-order valence-corrected chi connectivity index (χ3v) is 3.73. The monoisotopic (exact) mass is 281 g/mol. The third-order valence-electron chi connectivity index (χ3n) is 3.73. The maximum absolute atomic E-state index is 11.9. The van der Waals surface area contributed by atoms with Gasteiger partial charge in [-0.1, -0.05) is 36.4 Å². The van der Waals surface area contributed by atoms with Crippen LogP contribution >= 0.6 is 0 Å². The second-order valence-corrected chi connectivity index (χ2v) is 5.36. The van der Waals surface area contributed by atoms with Gasteiger partial charge in [-0.05, 0) is 48.1 Å². The van der Waals surface area contributed by atoms with E-state index in [2.05, 4.69) is 17.4 Å². The lowest BCUT2D eigenvalue weighted by molar-refractivity contribution is -0.121. The first-order chi connectivity index (χ1) is 10.3. The highest BCUT2D eigenvalue weighted by molar-refractivity contribution is 5.91. The number of aryl methyl sites for hydroxylation is 2. The Bertz CT molecular complexity index is 622. The van der Waals surface area contributed by atoms with Crippen LogP contribution in [0, 0.1) is 0 Å². The molecule has 0 saturated carbocycles. The van der Waals surface area contributed by atoms with Crippen molar-refractivity contribution in [3.8, 4) is 0 Å². The van der Waals surface area contributed by atoms with Crippen LogP contribution in [0.5, 0.6) is 0 Å². The van der Waals surface area contributed by atoms with Crippen molar-refractivity contribution >= 4 is 11.6 Å². The number of benzene rings is 2. The van der Waals surface area contributed by atoms with E-state index in [1.54, 1.807) is 0 Å². The number of hydrogen-bond donors (Lipinski definition) is 1. The Hall–Kier alpha value is -2.13. The number of rotatable bonds is 5. The summed E-state index contributed by atoms with van der Waals surface area (Å²) >= 11 is 0. The van der Waals surface area contributed by atoms with E-state index < -0.39 is 0 Å². The van der Waals surface area contributed by atoms with Crippen LogP contribution in [0.3, 0.4) is 0 Å². The number of carbonyl (C=O) groups is 1. The van der Waals surface area contributed by atoms with Gasteiger partial charge in [0.25, 0.3) is 0 Å². The first-order valence-corrected chi connectivity index (χ1v) is 7.34. The molecule has 1 aliphatic rings. The normalized spacial score (nSPS) is 13.0. The van der Waals surface area contributed by atoms with Crippen LogP contribution < -0.4 is 5.32 Å². The van der Waals surface area contributed by atoms with Gasteiger partial charge in [0.05, 0.1) is 6.61 Å². The van der Waals surface area contributed by atoms with Gasteiger partial charge in [0, 0.05) is 5.69 Å². The first kappa shape index (κ1) is 13.8. The minimum atomic E-state index is -0.108. The number of ether oxygens (including phenoxy) is 1. The highest BCUT2D eigenvalue weighted by atomic mass is 16.5. The minimum absolute atomic E-state index is 0.0754. The zero-order chi connectivity index (χ0) is 14.5. The Morgan fingerprint density at radius 1 is 1.05 bits per heavy atom. The molecule has 21 heavy (non-hydrogen) atoms. The Morgan fingerprint density at radius 2 is 1.86 bits per heavy atom. The number of fused-ring (bicyclic) bond motifs is 1. The van der Waals surface area contributed by atoms with Crippen molar-refractivity contribution < 1.29 is 9.53 Å². The molecule has 0 heterocycles. The molecule has 0 saturated heterocycles. The lowest BCUT2D eigenvalue weighted by Gasteiger charge is -2.08. The van der Waals surface area contributed by atoms with E-state index in [4.69, 9.17) is 4.74 Å². The molecule has 0 unspecified atom stereocenters. The second-order valence-electron chi connectivity index (χ2n) is 5.36. The van der Waals surface area contributed by atoms with E-state index in [0.717, 1.165) is 24.1 Å². The number of hydrogen-bond acceptors (Lipinski definition) is 2. The molecular formula is C18H19NO2. The van der Waals surface area contributed by atoms with Crippen molar-refractivity contribution in [2.24, 2.45) is 0 Å². The van der Waals surface area contributed by atoms with Crippen molar-refractivity contribution in [3.05, 3.63) is 65.2 Å². The summed E-state index contributed by atoms with van der Waals surface area (Å²) in [5.74, 6) is -0.108. The largest absolute Gasteiger partial charge is 0.367 e. The Morgan fingerprint density at radius 3 is 2.71 bits per heavy atom. The van der Waals surface area contributed by atoms with Crippen LogP contribution in [-0.4, -0.2) is 12.5 Å². The molecule has 108 valence electrons. The third kappa shape index (κ3) is 3.70. The lowest BCUT2D eigenvalue weighted by Crippen LogP contribution is -2.18. The zero-order valence-electron chi connectivity index (χ0n) is 12.0. The second kappa shape index (κ2) is 6.55. The molecule has 2 aromatic carbocycles. The summed E-state index contributed by atoms with van der Waals surface area (Å²) < 4.78 is 5.43. The van der Waals surface area contributed by atoms with E-state index in [1.807, 2.05) is 36.4 Å². The van der Waals surface area contributed by atoms with Crippen LogP contribution in [0.1, 0.15) is 23.1 Å². The van der Waals surface area contributed by atoms with Gasteiger partial charge in [-0.2, -0.15) is 0 Å². The fourth-order valence-electron chi connectivity index (χ4n) is 2.68. The van der Waals surface area contributed by atoms with Crippen molar-refractivity contribution in [3.63, 3.8) is 0 Å². The molecule has 1 N–H and O–H groups in total. The SMILES string of the molecule is O=C(COCc1ccccc1)Nc1ccc2c(c1)CCC2. The van der Waals surface area contributed by atoms with E-state index in [1.165, 1.54) is 17.5 Å². The molecule has 0 spiro atoms. The van der Waals surface area contributed by atoms with Crippen molar-refractivity contribution in [1.29, 1.82) is 0 Å². The molecule has 1 aliphatic carbocycles. The molecule has 1 amide bonds. The molecule has 3 rings (SSSR count). The average Bonchev–Trinajstić information content (AvgIpc) is 2.96. The van der Waals surface area contributed by atoms with Gasteiger partial charge < -0.3 is 10.1 Å². The smallest absolute Gasteiger partial charge is 0.250 e. The van der Waals surface area contributed by atoms with E-state index >= 15 is 0 Å². The highest BCUT2D eigenvalue weighted by Crippen LogP contribution is 2.24. The number of anilines is 1. The first-order valence-electron chi connectivity index (χ1n) is 7.34. The van der Waals surface area contributed by atoms with Gasteiger partial charge in [-0.25, -0.2) is 0 Å². The van der Waals surface area contributed by atoms with Crippen molar-refractivity contribution in [2.45, 2.75) is 25.9 Å². The van der Waals surface area contributed by atoms with Gasteiger partial charge in [-0.3, -0.25) is 4.79 Å². The molecule has 3 heteroatoms. The molecule has 0 bridgehead atoms. The Balaban J connectivity index is 1.48. The summed E-state index contributed by atoms with van der Waals surface area (Å²) in [7, 11) is 0. The Kier molecular flexibility index (Phi) is 4.31. The molecule has 0 radical (unpaired) electrons. The maximum Gasteiger partial charge on any atom is 0.250 e. The van der Waals surface area contributed by atoms with Crippen LogP contribution in [0.2, 0.25) is 0 Å². The average molecular weight is 281 g/mol.